The van der Waals surface area contributed by atoms with Gasteiger partial charge in [0.15, 0.2) is 0 Å². The number of carbonyl (C=O) groups is 1. The molecule has 1 fully saturated rings. The number of hydrogen-bond acceptors (Lipinski definition) is 5. The van der Waals surface area contributed by atoms with Crippen LogP contribution in [0.15, 0.2) is 0 Å². The number of carbonyl (C=O) groups excluding carboxylic acids is 1. The molecule has 1 aromatic rings. The summed E-state index contributed by atoms with van der Waals surface area (Å²) in [4.78, 5) is 14.1. The highest BCUT2D eigenvalue weighted by Gasteiger charge is 2.44. The minimum absolute atomic E-state index is 0.0292. The molecule has 3 rings (SSSR count). The smallest absolute Gasteiger partial charge is 0.411 e. The summed E-state index contributed by atoms with van der Waals surface area (Å²) in [6, 6.07) is 0.00548. The van der Waals surface area contributed by atoms with Crippen LogP contribution in [0.25, 0.3) is 0 Å². The lowest BCUT2D eigenvalue weighted by Crippen LogP contribution is -2.50. The van der Waals surface area contributed by atoms with Crippen LogP contribution in [0, 0.1) is 6.92 Å². The van der Waals surface area contributed by atoms with E-state index in [1.807, 2.05) is 32.4 Å². The molecule has 3 heterocycles. The number of nitrogens with zero attached hydrogens (tertiary/aromatic N) is 4. The van der Waals surface area contributed by atoms with Gasteiger partial charge in [-0.3, -0.25) is 4.90 Å². The topological polar surface area (TPSA) is 69.5 Å². The van der Waals surface area contributed by atoms with Crippen molar-refractivity contribution in [3.63, 3.8) is 0 Å². The first-order valence-electron chi connectivity index (χ1n) is 6.85. The van der Waals surface area contributed by atoms with Gasteiger partial charge in [0.25, 0.3) is 0 Å². The summed E-state index contributed by atoms with van der Waals surface area (Å²) in [6.07, 6.45) is -0.301. The largest absolute Gasteiger partial charge is 0.444 e. The van der Waals surface area contributed by atoms with Crippen LogP contribution in [0.5, 0.6) is 0 Å². The third-order valence-corrected chi connectivity index (χ3v) is 3.67. The zero-order valence-corrected chi connectivity index (χ0v) is 12.3. The molecule has 0 bridgehead atoms. The van der Waals surface area contributed by atoms with Crippen LogP contribution in [-0.2, 0) is 16.0 Å². The quantitative estimate of drug-likeness (QED) is 0.716. The van der Waals surface area contributed by atoms with Crippen molar-refractivity contribution in [2.45, 2.75) is 51.9 Å². The van der Waals surface area contributed by atoms with Gasteiger partial charge in [-0.05, 0) is 27.7 Å². The van der Waals surface area contributed by atoms with Crippen molar-refractivity contribution in [1.29, 1.82) is 0 Å². The Bertz CT molecular complexity index is 534. The molecule has 0 N–H and O–H groups in total. The second-order valence-corrected chi connectivity index (χ2v) is 6.35. The summed E-state index contributed by atoms with van der Waals surface area (Å²) in [5.41, 5.74) is 1.31. The van der Waals surface area contributed by atoms with Gasteiger partial charge in [0, 0.05) is 0 Å². The van der Waals surface area contributed by atoms with Gasteiger partial charge in [-0.1, -0.05) is 5.21 Å². The highest BCUT2D eigenvalue weighted by atomic mass is 16.6. The number of hydrogen-bond donors (Lipinski definition) is 0. The highest BCUT2D eigenvalue weighted by molar-refractivity contribution is 5.69. The summed E-state index contributed by atoms with van der Waals surface area (Å²) in [5, 5.41) is 8.28. The lowest BCUT2D eigenvalue weighted by molar-refractivity contribution is 0.00423. The molecular formula is C13H20N4O3. The van der Waals surface area contributed by atoms with Gasteiger partial charge in [0.2, 0.25) is 0 Å². The minimum atomic E-state index is -0.503. The van der Waals surface area contributed by atoms with Crippen molar-refractivity contribution in [3.05, 3.63) is 11.4 Å². The Kier molecular flexibility index (Phi) is 2.97. The third kappa shape index (κ3) is 2.15. The van der Waals surface area contributed by atoms with Gasteiger partial charge in [-0.2, -0.15) is 0 Å². The molecule has 7 nitrogen and oxygen atoms in total. The second-order valence-electron chi connectivity index (χ2n) is 6.35. The lowest BCUT2D eigenvalue weighted by atomic mass is 10.1. The Labute approximate surface area is 117 Å². The molecular weight excluding hydrogens is 260 g/mol. The van der Waals surface area contributed by atoms with Gasteiger partial charge in [-0.15, -0.1) is 5.10 Å². The molecule has 110 valence electrons. The van der Waals surface area contributed by atoms with Crippen molar-refractivity contribution in [2.24, 2.45) is 0 Å². The summed E-state index contributed by atoms with van der Waals surface area (Å²) < 4.78 is 12.9. The van der Waals surface area contributed by atoms with Gasteiger partial charge >= 0.3 is 6.09 Å². The first-order valence-corrected chi connectivity index (χ1v) is 6.85. The van der Waals surface area contributed by atoms with E-state index in [9.17, 15) is 4.79 Å². The predicted molar refractivity (Wildman–Crippen MR) is 70.2 cm³/mol. The van der Waals surface area contributed by atoms with Crippen LogP contribution in [0.3, 0.4) is 0 Å². The van der Waals surface area contributed by atoms with E-state index >= 15 is 0 Å². The predicted octanol–water partition coefficient (Wildman–Crippen LogP) is 1.28. The molecule has 2 aliphatic heterocycles. The average molecular weight is 280 g/mol. The van der Waals surface area contributed by atoms with Crippen molar-refractivity contribution < 1.29 is 14.3 Å². The molecule has 2 aliphatic rings. The van der Waals surface area contributed by atoms with E-state index in [1.165, 1.54) is 0 Å². The van der Waals surface area contributed by atoms with E-state index < -0.39 is 5.60 Å². The molecule has 7 heteroatoms. The van der Waals surface area contributed by atoms with Crippen LogP contribution in [-0.4, -0.2) is 50.8 Å². The van der Waals surface area contributed by atoms with E-state index in [2.05, 4.69) is 10.3 Å². The number of ether oxygens (including phenoxy) is 2. The van der Waals surface area contributed by atoms with Gasteiger partial charge in [0.1, 0.15) is 11.6 Å². The Morgan fingerprint density at radius 2 is 2.05 bits per heavy atom. The number of rotatable bonds is 0. The van der Waals surface area contributed by atoms with E-state index in [1.54, 1.807) is 4.90 Å². The second kappa shape index (κ2) is 4.44. The molecule has 1 saturated heterocycles. The molecule has 0 aromatic carbocycles. The van der Waals surface area contributed by atoms with Gasteiger partial charge in [0.05, 0.1) is 37.2 Å². The number of aryl methyl sites for hydroxylation is 1. The van der Waals surface area contributed by atoms with E-state index in [0.29, 0.717) is 19.8 Å². The van der Waals surface area contributed by atoms with E-state index in [0.717, 1.165) is 11.4 Å². The molecule has 0 aliphatic carbocycles. The SMILES string of the molecule is Cc1nnn2c1CN(C(=O)OC(C)(C)C)[C@@H]1COC[C@H]12. The van der Waals surface area contributed by atoms with Crippen LogP contribution in [0.4, 0.5) is 4.79 Å². The summed E-state index contributed by atoms with van der Waals surface area (Å²) >= 11 is 0. The maximum Gasteiger partial charge on any atom is 0.411 e. The molecule has 0 unspecified atom stereocenters. The third-order valence-electron chi connectivity index (χ3n) is 3.67. The number of aromatic nitrogens is 3. The molecule has 0 spiro atoms. The van der Waals surface area contributed by atoms with Crippen molar-refractivity contribution >= 4 is 6.09 Å². The average Bonchev–Trinajstić information content (AvgIpc) is 2.92. The molecule has 20 heavy (non-hydrogen) atoms. The monoisotopic (exact) mass is 280 g/mol. The van der Waals surface area contributed by atoms with Gasteiger partial charge < -0.3 is 9.47 Å². The van der Waals surface area contributed by atoms with Crippen molar-refractivity contribution in [3.8, 4) is 0 Å². The first-order chi connectivity index (χ1) is 9.37. The fourth-order valence-electron chi connectivity index (χ4n) is 2.71. The Balaban J connectivity index is 1.90. The van der Waals surface area contributed by atoms with Crippen molar-refractivity contribution in [2.75, 3.05) is 13.2 Å². The Morgan fingerprint density at radius 3 is 2.75 bits per heavy atom. The first kappa shape index (κ1) is 13.4. The van der Waals surface area contributed by atoms with E-state index in [-0.39, 0.29) is 18.2 Å². The Morgan fingerprint density at radius 1 is 1.35 bits per heavy atom. The normalized spacial score (nSPS) is 25.3. The minimum Gasteiger partial charge on any atom is -0.444 e. The standard InChI is InChI=1S/C13H20N4O3/c1-8-9-5-16(12(18)20-13(2,3)4)10-6-19-7-11(10)17(9)15-14-8/h10-11H,5-7H2,1-4H3/t10-,11-/m1/s1. The number of fused-ring (bicyclic) bond motifs is 3. The van der Waals surface area contributed by atoms with Crippen LogP contribution >= 0.6 is 0 Å². The number of amides is 1. The molecule has 1 aromatic heterocycles. The Hall–Kier alpha value is -1.63. The fraction of sp³-hybridized carbons (Fsp3) is 0.769. The molecule has 2 atom stereocenters. The van der Waals surface area contributed by atoms with Gasteiger partial charge in [-0.25, -0.2) is 9.48 Å². The lowest BCUT2D eigenvalue weighted by Gasteiger charge is -2.37. The summed E-state index contributed by atoms with van der Waals surface area (Å²) in [7, 11) is 0. The fourth-order valence-corrected chi connectivity index (χ4v) is 2.71. The summed E-state index contributed by atoms with van der Waals surface area (Å²) in [5.74, 6) is 0. The van der Waals surface area contributed by atoms with Crippen LogP contribution < -0.4 is 0 Å². The molecule has 0 saturated carbocycles. The zero-order chi connectivity index (χ0) is 14.5. The zero-order valence-electron chi connectivity index (χ0n) is 12.3. The van der Waals surface area contributed by atoms with Crippen LogP contribution in [0.1, 0.15) is 38.2 Å². The van der Waals surface area contributed by atoms with Crippen molar-refractivity contribution in [1.82, 2.24) is 19.9 Å². The summed E-state index contributed by atoms with van der Waals surface area (Å²) in [6.45, 7) is 9.06. The van der Waals surface area contributed by atoms with E-state index in [4.69, 9.17) is 9.47 Å². The highest BCUT2D eigenvalue weighted by Crippen LogP contribution is 2.32. The molecule has 0 radical (unpaired) electrons. The molecule has 1 amide bonds. The maximum absolute atomic E-state index is 12.4. The van der Waals surface area contributed by atoms with Crippen LogP contribution in [0.2, 0.25) is 0 Å². The maximum atomic E-state index is 12.4.